The number of benzene rings is 2. The van der Waals surface area contributed by atoms with Crippen LogP contribution in [-0.4, -0.2) is 71.0 Å². The lowest BCUT2D eigenvalue weighted by Crippen LogP contribution is -2.51. The van der Waals surface area contributed by atoms with Crippen LogP contribution in [-0.2, 0) is 27.0 Å². The highest BCUT2D eigenvalue weighted by atomic mass is 19.4. The molecule has 1 unspecified atom stereocenters. The van der Waals surface area contributed by atoms with Crippen LogP contribution in [0.15, 0.2) is 42.5 Å². The minimum atomic E-state index is -4.80. The Bertz CT molecular complexity index is 1380. The van der Waals surface area contributed by atoms with Crippen molar-refractivity contribution < 1.29 is 37.4 Å². The van der Waals surface area contributed by atoms with Crippen molar-refractivity contribution in [2.24, 2.45) is 5.92 Å². The van der Waals surface area contributed by atoms with Crippen molar-refractivity contribution in [1.29, 1.82) is 5.26 Å². The second kappa shape index (κ2) is 13.5. The third-order valence-electron chi connectivity index (χ3n) is 8.19. The number of ether oxygens (including phenoxy) is 1. The van der Waals surface area contributed by atoms with Crippen LogP contribution < -0.4 is 10.1 Å². The first-order valence-corrected chi connectivity index (χ1v) is 14.3. The summed E-state index contributed by atoms with van der Waals surface area (Å²) in [7, 11) is 0. The minimum absolute atomic E-state index is 0.0370. The number of hydrogen-bond acceptors (Lipinski definition) is 6. The first kappa shape index (κ1) is 31.8. The molecule has 2 aromatic carbocycles. The highest BCUT2D eigenvalue weighted by Crippen LogP contribution is 2.38. The van der Waals surface area contributed by atoms with Crippen molar-refractivity contribution in [3.63, 3.8) is 0 Å². The van der Waals surface area contributed by atoms with Crippen LogP contribution in [0.4, 0.5) is 18.9 Å². The first-order valence-electron chi connectivity index (χ1n) is 14.3. The molecule has 1 saturated carbocycles. The number of hydrogen-bond donors (Lipinski definition) is 2. The fourth-order valence-electron chi connectivity index (χ4n) is 5.75. The van der Waals surface area contributed by atoms with Crippen molar-refractivity contribution >= 4 is 23.4 Å². The van der Waals surface area contributed by atoms with Crippen LogP contribution in [0, 0.1) is 17.2 Å². The van der Waals surface area contributed by atoms with E-state index in [1.165, 1.54) is 19.1 Å². The van der Waals surface area contributed by atoms with Gasteiger partial charge in [-0.15, -0.1) is 0 Å². The van der Waals surface area contributed by atoms with Crippen molar-refractivity contribution in [2.45, 2.75) is 57.2 Å². The molecule has 2 N–H and O–H groups in total. The van der Waals surface area contributed by atoms with Crippen LogP contribution in [0.3, 0.4) is 0 Å². The SMILES string of the molecule is CC(=O)N1CCN(C(=O)COc2cccc(CC(O)(C(=O)Nc3ccc(C#N)c(C(F)(F)F)c3)C3CCCCC3)c2)CC1. The summed E-state index contributed by atoms with van der Waals surface area (Å²) in [4.78, 5) is 41.1. The summed E-state index contributed by atoms with van der Waals surface area (Å²) < 4.78 is 46.2. The zero-order chi connectivity index (χ0) is 31.2. The Kier molecular flexibility index (Phi) is 9.96. The number of amides is 3. The fraction of sp³-hybridized carbons (Fsp3) is 0.484. The number of halogens is 3. The van der Waals surface area contributed by atoms with Crippen LogP contribution in [0.2, 0.25) is 0 Å². The highest BCUT2D eigenvalue weighted by Gasteiger charge is 2.44. The van der Waals surface area contributed by atoms with Crippen LogP contribution in [0.5, 0.6) is 5.75 Å². The van der Waals surface area contributed by atoms with Gasteiger partial charge in [-0.25, -0.2) is 0 Å². The smallest absolute Gasteiger partial charge is 0.417 e. The summed E-state index contributed by atoms with van der Waals surface area (Å²) in [6.45, 7) is 3.00. The minimum Gasteiger partial charge on any atom is -0.484 e. The molecule has 1 aliphatic heterocycles. The van der Waals surface area contributed by atoms with E-state index in [1.54, 1.807) is 34.1 Å². The first-order chi connectivity index (χ1) is 20.4. The molecule has 1 atom stereocenters. The number of carbonyl (C=O) groups excluding carboxylic acids is 3. The summed E-state index contributed by atoms with van der Waals surface area (Å²) in [6, 6.07) is 11.1. The lowest BCUT2D eigenvalue weighted by atomic mass is 9.73. The molecule has 43 heavy (non-hydrogen) atoms. The summed E-state index contributed by atoms with van der Waals surface area (Å²) in [5.74, 6) is -1.16. The van der Waals surface area contributed by atoms with Gasteiger partial charge >= 0.3 is 6.18 Å². The van der Waals surface area contributed by atoms with Crippen molar-refractivity contribution in [1.82, 2.24) is 9.80 Å². The Labute approximate surface area is 248 Å². The molecule has 3 amide bonds. The molecule has 1 aliphatic carbocycles. The average molecular weight is 601 g/mol. The van der Waals surface area contributed by atoms with E-state index in [2.05, 4.69) is 5.32 Å². The molecule has 9 nitrogen and oxygen atoms in total. The topological polar surface area (TPSA) is 123 Å². The maximum Gasteiger partial charge on any atom is 0.417 e. The molecule has 2 fully saturated rings. The van der Waals surface area contributed by atoms with Gasteiger partial charge in [0.15, 0.2) is 6.61 Å². The predicted molar refractivity (Wildman–Crippen MR) is 151 cm³/mol. The van der Waals surface area contributed by atoms with Crippen molar-refractivity contribution in [3.8, 4) is 11.8 Å². The van der Waals surface area contributed by atoms with Crippen LogP contribution in [0.25, 0.3) is 0 Å². The number of nitrogens with zero attached hydrogens (tertiary/aromatic N) is 3. The normalized spacial score (nSPS) is 17.5. The monoisotopic (exact) mass is 600 g/mol. The number of rotatable bonds is 8. The van der Waals surface area contributed by atoms with E-state index in [4.69, 9.17) is 10.00 Å². The zero-order valence-corrected chi connectivity index (χ0v) is 24.0. The van der Waals surface area contributed by atoms with E-state index < -0.39 is 34.7 Å². The molecule has 0 bridgehead atoms. The number of alkyl halides is 3. The number of nitriles is 1. The van der Waals surface area contributed by atoms with Gasteiger partial charge in [0.2, 0.25) is 5.91 Å². The lowest BCUT2D eigenvalue weighted by Gasteiger charge is -2.37. The van der Waals surface area contributed by atoms with E-state index in [1.807, 2.05) is 0 Å². The number of carbonyl (C=O) groups is 3. The Balaban J connectivity index is 1.48. The van der Waals surface area contributed by atoms with Gasteiger partial charge in [-0.05, 0) is 54.7 Å². The molecule has 4 rings (SSSR count). The van der Waals surface area contributed by atoms with E-state index in [0.717, 1.165) is 25.3 Å². The molecule has 2 aromatic rings. The van der Waals surface area contributed by atoms with Gasteiger partial charge in [-0.1, -0.05) is 31.4 Å². The average Bonchev–Trinajstić information content (AvgIpc) is 3.00. The Morgan fingerprint density at radius 3 is 2.33 bits per heavy atom. The molecular weight excluding hydrogens is 565 g/mol. The highest BCUT2D eigenvalue weighted by molar-refractivity contribution is 5.97. The Morgan fingerprint density at radius 2 is 1.70 bits per heavy atom. The van der Waals surface area contributed by atoms with Gasteiger partial charge in [0.1, 0.15) is 11.4 Å². The zero-order valence-electron chi connectivity index (χ0n) is 24.0. The molecule has 0 aromatic heterocycles. The molecule has 12 heteroatoms. The van der Waals surface area contributed by atoms with Gasteiger partial charge < -0.3 is 25.0 Å². The summed E-state index contributed by atoms with van der Waals surface area (Å²) in [5, 5.41) is 23.4. The molecule has 0 radical (unpaired) electrons. The van der Waals surface area contributed by atoms with E-state index >= 15 is 0 Å². The third kappa shape index (κ3) is 7.84. The molecule has 230 valence electrons. The lowest BCUT2D eigenvalue weighted by molar-refractivity contribution is -0.142. The van der Waals surface area contributed by atoms with Crippen molar-refractivity contribution in [2.75, 3.05) is 38.1 Å². The van der Waals surface area contributed by atoms with Gasteiger partial charge in [0.25, 0.3) is 11.8 Å². The number of anilines is 1. The standard InChI is InChI=1S/C31H35F3N4O5/c1-21(39)37-12-14-38(15-13-37)28(40)20-43-26-9-5-6-22(16-26)18-30(42,24-7-3-2-4-8-24)29(41)36-25-11-10-23(19-35)27(17-25)31(32,33)34/h5-6,9-11,16-17,24,42H,2-4,7-8,12-15,18,20H2,1H3,(H,36,41). The molecular formula is C31H35F3N4O5. The van der Waals surface area contributed by atoms with E-state index in [0.29, 0.717) is 56.4 Å². The number of aliphatic hydroxyl groups is 1. The number of nitrogens with one attached hydrogen (secondary N) is 1. The quantitative estimate of drug-likeness (QED) is 0.470. The molecule has 2 aliphatic rings. The number of piperazine rings is 1. The third-order valence-corrected chi connectivity index (χ3v) is 8.19. The fourth-order valence-corrected chi connectivity index (χ4v) is 5.75. The van der Waals surface area contributed by atoms with Crippen LogP contribution >= 0.6 is 0 Å². The summed E-state index contributed by atoms with van der Waals surface area (Å²) in [6.07, 6.45) is -1.19. The maximum atomic E-state index is 13.6. The molecule has 1 heterocycles. The predicted octanol–water partition coefficient (Wildman–Crippen LogP) is 4.14. The van der Waals surface area contributed by atoms with E-state index in [-0.39, 0.29) is 30.5 Å². The second-order valence-corrected chi connectivity index (χ2v) is 11.1. The maximum absolute atomic E-state index is 13.6. The van der Waals surface area contributed by atoms with Crippen LogP contribution in [0.1, 0.15) is 55.7 Å². The second-order valence-electron chi connectivity index (χ2n) is 11.1. The van der Waals surface area contributed by atoms with Crippen molar-refractivity contribution in [3.05, 3.63) is 59.2 Å². The van der Waals surface area contributed by atoms with Gasteiger partial charge in [-0.3, -0.25) is 14.4 Å². The van der Waals surface area contributed by atoms with Gasteiger partial charge in [0.05, 0.1) is 17.2 Å². The largest absolute Gasteiger partial charge is 0.484 e. The van der Waals surface area contributed by atoms with Gasteiger partial charge in [-0.2, -0.15) is 18.4 Å². The van der Waals surface area contributed by atoms with Gasteiger partial charge in [0, 0.05) is 45.2 Å². The molecule has 1 saturated heterocycles. The molecule has 0 spiro atoms. The van der Waals surface area contributed by atoms with E-state index in [9.17, 15) is 32.7 Å². The summed E-state index contributed by atoms with van der Waals surface area (Å²) in [5.41, 5.74) is -3.29. The Hall–Kier alpha value is -4.11. The summed E-state index contributed by atoms with van der Waals surface area (Å²) >= 11 is 0. The Morgan fingerprint density at radius 1 is 1.02 bits per heavy atom.